The summed E-state index contributed by atoms with van der Waals surface area (Å²) in [6.07, 6.45) is 1.62. The summed E-state index contributed by atoms with van der Waals surface area (Å²) in [5.74, 6) is -0.0132. The summed E-state index contributed by atoms with van der Waals surface area (Å²) in [6.45, 7) is 3.87. The van der Waals surface area contributed by atoms with Gasteiger partial charge in [-0.15, -0.1) is 0 Å². The average molecular weight is 243 g/mol. The van der Waals surface area contributed by atoms with Crippen LogP contribution in [0.15, 0.2) is 0 Å². The van der Waals surface area contributed by atoms with Crippen LogP contribution in [0.4, 0.5) is 0 Å². The first-order valence-corrected chi connectivity index (χ1v) is 5.96. The molecule has 1 aliphatic heterocycles. The summed E-state index contributed by atoms with van der Waals surface area (Å²) in [4.78, 5) is 24.4. The van der Waals surface area contributed by atoms with E-state index >= 15 is 0 Å². The van der Waals surface area contributed by atoms with Crippen LogP contribution < -0.4 is 11.1 Å². The minimum absolute atomic E-state index is 0.0596. The molecular formula is C11H21N3O3. The van der Waals surface area contributed by atoms with Gasteiger partial charge in [0.25, 0.3) is 0 Å². The van der Waals surface area contributed by atoms with E-state index in [1.807, 2.05) is 0 Å². The Hall–Kier alpha value is -1.14. The van der Waals surface area contributed by atoms with Gasteiger partial charge in [-0.05, 0) is 12.8 Å². The van der Waals surface area contributed by atoms with Crippen LogP contribution in [0, 0.1) is 0 Å². The number of likely N-dealkylation sites (tertiary alicyclic amines) is 1. The van der Waals surface area contributed by atoms with Crippen molar-refractivity contribution in [2.75, 3.05) is 32.8 Å². The van der Waals surface area contributed by atoms with Gasteiger partial charge >= 0.3 is 0 Å². The Bertz CT molecular complexity index is 263. The maximum atomic E-state index is 11.4. The smallest absolute Gasteiger partial charge is 0.246 e. The second-order valence-electron chi connectivity index (χ2n) is 4.19. The highest BCUT2D eigenvalue weighted by molar-refractivity contribution is 5.77. The molecule has 1 rings (SSSR count). The molecule has 1 saturated heterocycles. The number of nitrogens with zero attached hydrogens (tertiary/aromatic N) is 1. The van der Waals surface area contributed by atoms with Crippen molar-refractivity contribution in [3.63, 3.8) is 0 Å². The van der Waals surface area contributed by atoms with Gasteiger partial charge in [-0.3, -0.25) is 9.59 Å². The van der Waals surface area contributed by atoms with Crippen LogP contribution in [0.2, 0.25) is 0 Å². The largest absolute Gasteiger partial charge is 0.370 e. The van der Waals surface area contributed by atoms with E-state index in [0.717, 1.165) is 12.8 Å². The molecule has 0 radical (unpaired) electrons. The van der Waals surface area contributed by atoms with Crippen LogP contribution in [0.25, 0.3) is 0 Å². The fourth-order valence-corrected chi connectivity index (χ4v) is 1.86. The zero-order valence-electron chi connectivity index (χ0n) is 10.3. The van der Waals surface area contributed by atoms with Crippen LogP contribution in [0.1, 0.15) is 19.8 Å². The van der Waals surface area contributed by atoms with Gasteiger partial charge in [0.1, 0.15) is 6.61 Å². The van der Waals surface area contributed by atoms with Gasteiger partial charge in [-0.2, -0.15) is 0 Å². The second kappa shape index (κ2) is 7.24. The van der Waals surface area contributed by atoms with Crippen LogP contribution >= 0.6 is 0 Å². The number of amides is 2. The Morgan fingerprint density at radius 1 is 1.41 bits per heavy atom. The maximum Gasteiger partial charge on any atom is 0.246 e. The molecule has 0 aromatic rings. The van der Waals surface area contributed by atoms with Gasteiger partial charge in [0, 0.05) is 32.6 Å². The van der Waals surface area contributed by atoms with E-state index in [0.29, 0.717) is 26.2 Å². The molecule has 3 N–H and O–H groups in total. The quantitative estimate of drug-likeness (QED) is 0.612. The molecule has 0 atom stereocenters. The standard InChI is InChI=1S/C11H21N3O3/c1-9(15)14-5-2-10(3-6-14)13-11(16)8-17-7-4-12/h10H,2-8,12H2,1H3,(H,13,16). The van der Waals surface area contributed by atoms with Gasteiger partial charge in [0.2, 0.25) is 11.8 Å². The molecule has 0 unspecified atom stereocenters. The van der Waals surface area contributed by atoms with E-state index < -0.39 is 0 Å². The Morgan fingerprint density at radius 3 is 2.59 bits per heavy atom. The highest BCUT2D eigenvalue weighted by Crippen LogP contribution is 2.10. The van der Waals surface area contributed by atoms with Crippen molar-refractivity contribution in [2.45, 2.75) is 25.8 Å². The molecular weight excluding hydrogens is 222 g/mol. The van der Waals surface area contributed by atoms with Crippen molar-refractivity contribution in [2.24, 2.45) is 5.73 Å². The molecule has 0 aromatic carbocycles. The van der Waals surface area contributed by atoms with E-state index in [-0.39, 0.29) is 24.5 Å². The lowest BCUT2D eigenvalue weighted by Crippen LogP contribution is -2.46. The molecule has 6 heteroatoms. The average Bonchev–Trinajstić information content (AvgIpc) is 2.30. The predicted molar refractivity (Wildman–Crippen MR) is 63.3 cm³/mol. The molecule has 1 heterocycles. The lowest BCUT2D eigenvalue weighted by Gasteiger charge is -2.31. The third-order valence-electron chi connectivity index (χ3n) is 2.80. The molecule has 2 amide bonds. The van der Waals surface area contributed by atoms with Gasteiger partial charge in [0.05, 0.1) is 6.61 Å². The number of hydrogen-bond donors (Lipinski definition) is 2. The minimum Gasteiger partial charge on any atom is -0.370 e. The zero-order valence-corrected chi connectivity index (χ0v) is 10.3. The number of rotatable bonds is 5. The van der Waals surface area contributed by atoms with Crippen LogP contribution in [-0.2, 0) is 14.3 Å². The molecule has 0 spiro atoms. The Morgan fingerprint density at radius 2 is 2.06 bits per heavy atom. The summed E-state index contributed by atoms with van der Waals surface area (Å²) in [6, 6.07) is 0.152. The number of hydrogen-bond acceptors (Lipinski definition) is 4. The minimum atomic E-state index is -0.111. The fourth-order valence-electron chi connectivity index (χ4n) is 1.86. The SMILES string of the molecule is CC(=O)N1CCC(NC(=O)COCCN)CC1. The molecule has 17 heavy (non-hydrogen) atoms. The summed E-state index contributed by atoms with van der Waals surface area (Å²) >= 11 is 0. The number of piperidine rings is 1. The molecule has 1 fully saturated rings. The van der Waals surface area contributed by atoms with Crippen molar-refractivity contribution in [1.29, 1.82) is 0 Å². The third kappa shape index (κ3) is 5.14. The third-order valence-corrected chi connectivity index (χ3v) is 2.80. The first kappa shape index (κ1) is 13.9. The van der Waals surface area contributed by atoms with Crippen LogP contribution in [-0.4, -0.2) is 55.6 Å². The molecule has 98 valence electrons. The van der Waals surface area contributed by atoms with Gasteiger partial charge in [0.15, 0.2) is 0 Å². The van der Waals surface area contributed by atoms with Crippen LogP contribution in [0.5, 0.6) is 0 Å². The van der Waals surface area contributed by atoms with Crippen molar-refractivity contribution >= 4 is 11.8 Å². The van der Waals surface area contributed by atoms with Gasteiger partial charge in [-0.1, -0.05) is 0 Å². The normalized spacial score (nSPS) is 16.9. The molecule has 0 saturated carbocycles. The van der Waals surface area contributed by atoms with E-state index in [1.54, 1.807) is 11.8 Å². The maximum absolute atomic E-state index is 11.4. The van der Waals surface area contributed by atoms with Crippen molar-refractivity contribution in [3.05, 3.63) is 0 Å². The molecule has 0 bridgehead atoms. The number of nitrogens with two attached hydrogens (primary N) is 1. The van der Waals surface area contributed by atoms with E-state index in [2.05, 4.69) is 5.32 Å². The molecule has 0 aromatic heterocycles. The second-order valence-corrected chi connectivity index (χ2v) is 4.19. The monoisotopic (exact) mass is 243 g/mol. The van der Waals surface area contributed by atoms with Crippen molar-refractivity contribution < 1.29 is 14.3 Å². The number of carbonyl (C=O) groups excluding carboxylic acids is 2. The molecule has 6 nitrogen and oxygen atoms in total. The Balaban J connectivity index is 2.17. The zero-order chi connectivity index (χ0) is 12.7. The van der Waals surface area contributed by atoms with E-state index in [1.165, 1.54) is 0 Å². The summed E-state index contributed by atoms with van der Waals surface area (Å²) < 4.78 is 5.04. The van der Waals surface area contributed by atoms with Crippen LogP contribution in [0.3, 0.4) is 0 Å². The highest BCUT2D eigenvalue weighted by Gasteiger charge is 2.21. The highest BCUT2D eigenvalue weighted by atomic mass is 16.5. The van der Waals surface area contributed by atoms with Crippen molar-refractivity contribution in [1.82, 2.24) is 10.2 Å². The molecule has 1 aliphatic rings. The van der Waals surface area contributed by atoms with Gasteiger partial charge in [-0.25, -0.2) is 0 Å². The van der Waals surface area contributed by atoms with E-state index in [4.69, 9.17) is 10.5 Å². The fraction of sp³-hybridized carbons (Fsp3) is 0.818. The topological polar surface area (TPSA) is 84.7 Å². The lowest BCUT2D eigenvalue weighted by atomic mass is 10.1. The first-order chi connectivity index (χ1) is 8.13. The number of ether oxygens (including phenoxy) is 1. The summed E-state index contributed by atoms with van der Waals surface area (Å²) in [5.41, 5.74) is 5.25. The first-order valence-electron chi connectivity index (χ1n) is 5.96. The predicted octanol–water partition coefficient (Wildman–Crippen LogP) is -0.911. The summed E-state index contributed by atoms with van der Waals surface area (Å²) in [7, 11) is 0. The molecule has 0 aliphatic carbocycles. The number of carbonyl (C=O) groups is 2. The van der Waals surface area contributed by atoms with Crippen molar-refractivity contribution in [3.8, 4) is 0 Å². The summed E-state index contributed by atoms with van der Waals surface area (Å²) in [5, 5.41) is 2.89. The van der Waals surface area contributed by atoms with Gasteiger partial charge < -0.3 is 20.7 Å². The lowest BCUT2D eigenvalue weighted by molar-refractivity contribution is -0.130. The Labute approximate surface area is 101 Å². The Kier molecular flexibility index (Phi) is 5.93. The number of nitrogens with one attached hydrogen (secondary N) is 1. The van der Waals surface area contributed by atoms with E-state index in [9.17, 15) is 9.59 Å².